The number of ether oxygens (including phenoxy) is 2. The third kappa shape index (κ3) is 5.47. The molecule has 24 heavy (non-hydrogen) atoms. The van der Waals surface area contributed by atoms with Crippen molar-refractivity contribution >= 4 is 11.9 Å². The molecule has 7 heteroatoms. The summed E-state index contributed by atoms with van der Waals surface area (Å²) in [5.41, 5.74) is 0.0481. The molecule has 0 saturated heterocycles. The van der Waals surface area contributed by atoms with Crippen molar-refractivity contribution in [3.63, 3.8) is 0 Å². The van der Waals surface area contributed by atoms with Crippen LogP contribution in [-0.2, 0) is 9.53 Å². The molecule has 1 amide bonds. The first kappa shape index (κ1) is 18.2. The Morgan fingerprint density at radius 3 is 2.75 bits per heavy atom. The van der Waals surface area contributed by atoms with Crippen LogP contribution in [0.1, 0.15) is 43.0 Å². The van der Waals surface area contributed by atoms with Crippen LogP contribution < -0.4 is 10.1 Å². The molecular formula is C17H21F2NO4. The molecule has 0 spiro atoms. The number of hydrogen-bond donors (Lipinski definition) is 1. The van der Waals surface area contributed by atoms with Crippen LogP contribution in [-0.4, -0.2) is 31.1 Å². The first-order valence-corrected chi connectivity index (χ1v) is 7.97. The fourth-order valence-corrected chi connectivity index (χ4v) is 2.79. The Morgan fingerprint density at radius 1 is 1.29 bits per heavy atom. The third-order valence-corrected chi connectivity index (χ3v) is 4.09. The molecule has 1 fully saturated rings. The Balaban J connectivity index is 1.82. The van der Waals surface area contributed by atoms with Crippen LogP contribution in [0.3, 0.4) is 0 Å². The van der Waals surface area contributed by atoms with Gasteiger partial charge in [-0.15, -0.1) is 0 Å². The summed E-state index contributed by atoms with van der Waals surface area (Å²) >= 11 is 0. The Bertz CT molecular complexity index is 579. The molecule has 0 radical (unpaired) electrons. The lowest BCUT2D eigenvalue weighted by Crippen LogP contribution is -2.42. The average Bonchev–Trinajstić information content (AvgIpc) is 2.54. The second kappa shape index (κ2) is 8.61. The van der Waals surface area contributed by atoms with Gasteiger partial charge in [-0.05, 0) is 37.0 Å². The van der Waals surface area contributed by atoms with Gasteiger partial charge in [-0.3, -0.25) is 4.79 Å². The van der Waals surface area contributed by atoms with Gasteiger partial charge in [0.1, 0.15) is 5.75 Å². The van der Waals surface area contributed by atoms with Crippen LogP contribution in [0.2, 0.25) is 0 Å². The summed E-state index contributed by atoms with van der Waals surface area (Å²) in [6, 6.07) is 5.36. The van der Waals surface area contributed by atoms with Crippen molar-refractivity contribution in [1.29, 1.82) is 0 Å². The zero-order chi connectivity index (χ0) is 17.5. The van der Waals surface area contributed by atoms with E-state index in [0.29, 0.717) is 5.92 Å². The first-order valence-electron chi connectivity index (χ1n) is 7.97. The van der Waals surface area contributed by atoms with Crippen molar-refractivity contribution in [2.24, 2.45) is 5.92 Å². The highest BCUT2D eigenvalue weighted by molar-refractivity contribution is 5.91. The minimum atomic E-state index is -2.97. The number of rotatable bonds is 6. The number of hydrogen-bond acceptors (Lipinski definition) is 4. The molecule has 1 N–H and O–H groups in total. The zero-order valence-corrected chi connectivity index (χ0v) is 13.5. The fourth-order valence-electron chi connectivity index (χ4n) is 2.79. The number of benzene rings is 1. The molecule has 0 bridgehead atoms. The fraction of sp³-hybridized carbons (Fsp3) is 0.529. The van der Waals surface area contributed by atoms with Gasteiger partial charge < -0.3 is 14.8 Å². The monoisotopic (exact) mass is 341 g/mol. The molecule has 0 unspecified atom stereocenters. The molecule has 1 aliphatic carbocycles. The van der Waals surface area contributed by atoms with Crippen LogP contribution in [0, 0.1) is 5.92 Å². The molecule has 0 heterocycles. The van der Waals surface area contributed by atoms with E-state index in [9.17, 15) is 18.4 Å². The maximum atomic E-state index is 12.2. The lowest BCUT2D eigenvalue weighted by atomic mass is 9.86. The molecule has 0 aromatic heterocycles. The predicted octanol–water partition coefficient (Wildman–Crippen LogP) is 3.14. The Morgan fingerprint density at radius 2 is 2.04 bits per heavy atom. The van der Waals surface area contributed by atoms with Crippen molar-refractivity contribution in [3.05, 3.63) is 29.8 Å². The first-order chi connectivity index (χ1) is 11.5. The minimum Gasteiger partial charge on any atom is -0.452 e. The second-order valence-electron chi connectivity index (χ2n) is 5.92. The number of alkyl halides is 2. The number of nitrogens with one attached hydrogen (secondary N) is 1. The number of halogens is 2. The van der Waals surface area contributed by atoms with Gasteiger partial charge in [0.2, 0.25) is 0 Å². The van der Waals surface area contributed by atoms with E-state index in [-0.39, 0.29) is 23.3 Å². The normalized spacial score (nSPS) is 20.5. The largest absolute Gasteiger partial charge is 0.452 e. The molecular weight excluding hydrogens is 320 g/mol. The van der Waals surface area contributed by atoms with E-state index in [4.69, 9.17) is 4.74 Å². The van der Waals surface area contributed by atoms with Gasteiger partial charge in [-0.2, -0.15) is 8.78 Å². The molecule has 1 saturated carbocycles. The summed E-state index contributed by atoms with van der Waals surface area (Å²) < 4.78 is 33.5. The molecule has 2 atom stereocenters. The summed E-state index contributed by atoms with van der Waals surface area (Å²) in [5, 5.41) is 2.87. The van der Waals surface area contributed by atoms with Crippen LogP contribution in [0.15, 0.2) is 24.3 Å². The second-order valence-corrected chi connectivity index (χ2v) is 5.92. The lowest BCUT2D eigenvalue weighted by molar-refractivity contribution is -0.125. The van der Waals surface area contributed by atoms with Gasteiger partial charge in [0.05, 0.1) is 5.56 Å². The topological polar surface area (TPSA) is 64.6 Å². The van der Waals surface area contributed by atoms with E-state index < -0.39 is 19.2 Å². The summed E-state index contributed by atoms with van der Waals surface area (Å²) in [7, 11) is 0. The van der Waals surface area contributed by atoms with Crippen LogP contribution in [0.25, 0.3) is 0 Å². The van der Waals surface area contributed by atoms with E-state index in [1.165, 1.54) is 24.6 Å². The molecule has 132 valence electrons. The van der Waals surface area contributed by atoms with Crippen LogP contribution >= 0.6 is 0 Å². The number of esters is 1. The summed E-state index contributed by atoms with van der Waals surface area (Å²) in [6.07, 6.45) is 4.24. The van der Waals surface area contributed by atoms with E-state index in [1.807, 2.05) is 0 Å². The Labute approximate surface area is 139 Å². The molecule has 2 rings (SSSR count). The quantitative estimate of drug-likeness (QED) is 0.808. The maximum Gasteiger partial charge on any atom is 0.387 e. The number of amides is 1. The maximum absolute atomic E-state index is 12.2. The van der Waals surface area contributed by atoms with Gasteiger partial charge in [0.25, 0.3) is 5.91 Å². The van der Waals surface area contributed by atoms with Gasteiger partial charge in [0, 0.05) is 6.04 Å². The van der Waals surface area contributed by atoms with Crippen molar-refractivity contribution in [1.82, 2.24) is 5.32 Å². The van der Waals surface area contributed by atoms with Crippen LogP contribution in [0.5, 0.6) is 5.75 Å². The van der Waals surface area contributed by atoms with Crippen molar-refractivity contribution in [2.45, 2.75) is 45.3 Å². The highest BCUT2D eigenvalue weighted by atomic mass is 19.3. The summed E-state index contributed by atoms with van der Waals surface area (Å²) in [6.45, 7) is -1.29. The number of carbonyl (C=O) groups is 2. The third-order valence-electron chi connectivity index (χ3n) is 4.09. The molecule has 1 aromatic carbocycles. The molecule has 0 aliphatic heterocycles. The Hall–Kier alpha value is -2.18. The number of carbonyl (C=O) groups excluding carboxylic acids is 2. The Kier molecular flexibility index (Phi) is 6.52. The van der Waals surface area contributed by atoms with E-state index in [1.54, 1.807) is 0 Å². The van der Waals surface area contributed by atoms with Gasteiger partial charge in [-0.1, -0.05) is 25.8 Å². The van der Waals surface area contributed by atoms with E-state index in [0.717, 1.165) is 25.3 Å². The smallest absolute Gasteiger partial charge is 0.387 e. The van der Waals surface area contributed by atoms with Crippen molar-refractivity contribution in [2.75, 3.05) is 6.61 Å². The van der Waals surface area contributed by atoms with Gasteiger partial charge >= 0.3 is 12.6 Å². The molecule has 1 aromatic rings. The molecule has 5 nitrogen and oxygen atoms in total. The highest BCUT2D eigenvalue weighted by Crippen LogP contribution is 2.23. The standard InChI is InChI=1S/C17H21F2NO4/c1-11-5-2-3-8-14(11)20-15(21)10-23-16(22)12-6-4-7-13(9-12)24-17(18)19/h4,6-7,9,11,14,17H,2-3,5,8,10H2,1H3,(H,20,21)/t11-,14+/m0/s1. The zero-order valence-electron chi connectivity index (χ0n) is 13.5. The SMILES string of the molecule is C[C@H]1CCCC[C@H]1NC(=O)COC(=O)c1cccc(OC(F)F)c1. The lowest BCUT2D eigenvalue weighted by Gasteiger charge is -2.29. The van der Waals surface area contributed by atoms with Crippen molar-refractivity contribution in [3.8, 4) is 5.75 Å². The van der Waals surface area contributed by atoms with Gasteiger partial charge in [0.15, 0.2) is 6.61 Å². The summed E-state index contributed by atoms with van der Waals surface area (Å²) in [4.78, 5) is 23.8. The molecule has 1 aliphatic rings. The van der Waals surface area contributed by atoms with E-state index in [2.05, 4.69) is 17.0 Å². The van der Waals surface area contributed by atoms with Crippen molar-refractivity contribution < 1.29 is 27.8 Å². The van der Waals surface area contributed by atoms with Gasteiger partial charge in [-0.25, -0.2) is 4.79 Å². The predicted molar refractivity (Wildman–Crippen MR) is 82.9 cm³/mol. The van der Waals surface area contributed by atoms with Crippen LogP contribution in [0.4, 0.5) is 8.78 Å². The average molecular weight is 341 g/mol. The highest BCUT2D eigenvalue weighted by Gasteiger charge is 2.23. The van der Waals surface area contributed by atoms with E-state index >= 15 is 0 Å². The minimum absolute atomic E-state index is 0.0481. The summed E-state index contributed by atoms with van der Waals surface area (Å²) in [5.74, 6) is -0.856.